The molecule has 5 nitrogen and oxygen atoms in total. The van der Waals surface area contributed by atoms with Crippen molar-refractivity contribution in [2.75, 3.05) is 5.32 Å². The lowest BCUT2D eigenvalue weighted by molar-refractivity contribution is 0.945. The van der Waals surface area contributed by atoms with E-state index >= 15 is 0 Å². The second-order valence-corrected chi connectivity index (χ2v) is 3.61. The molecule has 0 aromatic carbocycles. The van der Waals surface area contributed by atoms with Gasteiger partial charge in [-0.25, -0.2) is 4.98 Å². The van der Waals surface area contributed by atoms with Gasteiger partial charge in [-0.15, -0.1) is 0 Å². The molecule has 88 valence electrons. The van der Waals surface area contributed by atoms with Crippen molar-refractivity contribution in [3.05, 3.63) is 52.2 Å². The van der Waals surface area contributed by atoms with E-state index in [1.807, 2.05) is 25.1 Å². The Labute approximate surface area is 99.0 Å². The molecule has 0 radical (unpaired) electrons. The highest BCUT2D eigenvalue weighted by atomic mass is 16.1. The molecule has 17 heavy (non-hydrogen) atoms. The van der Waals surface area contributed by atoms with Crippen molar-refractivity contribution in [2.45, 2.75) is 19.9 Å². The van der Waals surface area contributed by atoms with Crippen LogP contribution in [0.4, 0.5) is 5.95 Å². The third-order valence-electron chi connectivity index (χ3n) is 2.32. The molecule has 0 aliphatic rings. The molecule has 2 aromatic rings. The molecule has 0 spiro atoms. The van der Waals surface area contributed by atoms with Gasteiger partial charge in [-0.05, 0) is 18.6 Å². The van der Waals surface area contributed by atoms with Gasteiger partial charge in [-0.3, -0.25) is 14.8 Å². The minimum atomic E-state index is -0.139. The summed E-state index contributed by atoms with van der Waals surface area (Å²) in [5.74, 6) is 0.486. The van der Waals surface area contributed by atoms with Gasteiger partial charge in [-0.2, -0.15) is 0 Å². The van der Waals surface area contributed by atoms with Crippen LogP contribution in [0.3, 0.4) is 0 Å². The highest BCUT2D eigenvalue weighted by Gasteiger charge is 1.99. The van der Waals surface area contributed by atoms with E-state index in [2.05, 4.69) is 20.3 Å². The van der Waals surface area contributed by atoms with E-state index in [9.17, 15) is 4.79 Å². The predicted molar refractivity (Wildman–Crippen MR) is 65.8 cm³/mol. The van der Waals surface area contributed by atoms with E-state index in [0.29, 0.717) is 12.5 Å². The number of nitrogens with zero attached hydrogens (tertiary/aromatic N) is 2. The van der Waals surface area contributed by atoms with E-state index in [0.717, 1.165) is 17.8 Å². The Hall–Kier alpha value is -2.17. The van der Waals surface area contributed by atoms with Crippen molar-refractivity contribution in [3.8, 4) is 0 Å². The van der Waals surface area contributed by atoms with Gasteiger partial charge in [0.05, 0.1) is 12.2 Å². The summed E-state index contributed by atoms with van der Waals surface area (Å²) in [6, 6.07) is 7.20. The lowest BCUT2D eigenvalue weighted by Crippen LogP contribution is -2.14. The van der Waals surface area contributed by atoms with E-state index in [1.54, 1.807) is 6.20 Å². The highest BCUT2D eigenvalue weighted by molar-refractivity contribution is 5.26. The van der Waals surface area contributed by atoms with Gasteiger partial charge in [0.15, 0.2) is 0 Å². The monoisotopic (exact) mass is 230 g/mol. The van der Waals surface area contributed by atoms with Crippen molar-refractivity contribution in [1.29, 1.82) is 0 Å². The smallest absolute Gasteiger partial charge is 0.252 e. The Kier molecular flexibility index (Phi) is 3.49. The molecule has 0 unspecified atom stereocenters. The maximum atomic E-state index is 11.3. The average Bonchev–Trinajstić information content (AvgIpc) is 2.37. The maximum Gasteiger partial charge on any atom is 0.252 e. The normalized spacial score (nSPS) is 10.2. The van der Waals surface area contributed by atoms with Crippen LogP contribution in [-0.4, -0.2) is 15.0 Å². The summed E-state index contributed by atoms with van der Waals surface area (Å²) >= 11 is 0. The number of aromatic nitrogens is 3. The number of aryl methyl sites for hydroxylation is 1. The van der Waals surface area contributed by atoms with Gasteiger partial charge < -0.3 is 5.32 Å². The highest BCUT2D eigenvalue weighted by Crippen LogP contribution is 2.01. The molecule has 0 aliphatic carbocycles. The molecule has 2 N–H and O–H groups in total. The number of nitrogens with one attached hydrogen (secondary N) is 2. The second-order valence-electron chi connectivity index (χ2n) is 3.61. The molecule has 5 heteroatoms. The van der Waals surface area contributed by atoms with Gasteiger partial charge in [0.25, 0.3) is 5.56 Å². The molecular formula is C12H14N4O. The first-order chi connectivity index (χ1) is 8.28. The van der Waals surface area contributed by atoms with Crippen LogP contribution in [0.1, 0.15) is 18.3 Å². The summed E-state index contributed by atoms with van der Waals surface area (Å²) in [7, 11) is 0. The molecule has 2 aromatic heterocycles. The third-order valence-corrected chi connectivity index (χ3v) is 2.32. The number of pyridine rings is 1. The summed E-state index contributed by atoms with van der Waals surface area (Å²) in [6.07, 6.45) is 2.47. The lowest BCUT2D eigenvalue weighted by atomic mass is 10.3. The summed E-state index contributed by atoms with van der Waals surface area (Å²) < 4.78 is 0. The molecule has 0 saturated carbocycles. The van der Waals surface area contributed by atoms with Crippen LogP contribution >= 0.6 is 0 Å². The minimum absolute atomic E-state index is 0.139. The Balaban J connectivity index is 2.09. The van der Waals surface area contributed by atoms with Crippen molar-refractivity contribution in [2.24, 2.45) is 0 Å². The van der Waals surface area contributed by atoms with Gasteiger partial charge in [0.1, 0.15) is 0 Å². The largest absolute Gasteiger partial charge is 0.350 e. The number of hydrogen-bond donors (Lipinski definition) is 2. The zero-order valence-corrected chi connectivity index (χ0v) is 9.60. The van der Waals surface area contributed by atoms with E-state index in [1.165, 1.54) is 6.07 Å². The van der Waals surface area contributed by atoms with E-state index < -0.39 is 0 Å². The molecule has 0 saturated heterocycles. The molecule has 0 aliphatic heterocycles. The number of aromatic amines is 1. The van der Waals surface area contributed by atoms with Crippen LogP contribution in [0, 0.1) is 0 Å². The number of hydrogen-bond acceptors (Lipinski definition) is 4. The maximum absolute atomic E-state index is 11.3. The van der Waals surface area contributed by atoms with Crippen LogP contribution in [0.5, 0.6) is 0 Å². The second kappa shape index (κ2) is 5.25. The number of rotatable bonds is 4. The van der Waals surface area contributed by atoms with Crippen LogP contribution in [0.2, 0.25) is 0 Å². The molecule has 0 fully saturated rings. The van der Waals surface area contributed by atoms with E-state index in [-0.39, 0.29) is 5.56 Å². The topological polar surface area (TPSA) is 70.7 Å². The standard InChI is InChI=1S/C12H14N4O/c1-2-9-7-11(17)16-12(15-9)14-8-10-5-3-4-6-13-10/h3-7H,2,8H2,1H3,(H2,14,15,16,17). The van der Waals surface area contributed by atoms with Crippen LogP contribution in [0.25, 0.3) is 0 Å². The Morgan fingerprint density at radius 3 is 2.94 bits per heavy atom. The van der Waals surface area contributed by atoms with Gasteiger partial charge in [0, 0.05) is 18.0 Å². The molecule has 2 rings (SSSR count). The van der Waals surface area contributed by atoms with Gasteiger partial charge in [0.2, 0.25) is 5.95 Å². The summed E-state index contributed by atoms with van der Waals surface area (Å²) in [5, 5.41) is 3.05. The first-order valence-electron chi connectivity index (χ1n) is 5.52. The van der Waals surface area contributed by atoms with Crippen molar-refractivity contribution >= 4 is 5.95 Å². The predicted octanol–water partition coefficient (Wildman–Crippen LogP) is 1.34. The average molecular weight is 230 g/mol. The van der Waals surface area contributed by atoms with Crippen molar-refractivity contribution in [1.82, 2.24) is 15.0 Å². The summed E-state index contributed by atoms with van der Waals surface area (Å²) in [6.45, 7) is 2.50. The summed E-state index contributed by atoms with van der Waals surface area (Å²) in [4.78, 5) is 22.4. The van der Waals surface area contributed by atoms with Gasteiger partial charge >= 0.3 is 0 Å². The Morgan fingerprint density at radius 2 is 2.24 bits per heavy atom. The quantitative estimate of drug-likeness (QED) is 0.831. The molecule has 2 heterocycles. The Bertz CT molecular complexity index is 536. The molecular weight excluding hydrogens is 216 g/mol. The fraction of sp³-hybridized carbons (Fsp3) is 0.250. The first-order valence-corrected chi connectivity index (χ1v) is 5.52. The molecule has 0 amide bonds. The van der Waals surface area contributed by atoms with Crippen LogP contribution in [0.15, 0.2) is 35.3 Å². The van der Waals surface area contributed by atoms with Crippen LogP contribution in [-0.2, 0) is 13.0 Å². The van der Waals surface area contributed by atoms with Crippen LogP contribution < -0.4 is 10.9 Å². The molecule has 0 bridgehead atoms. The first kappa shape index (κ1) is 11.3. The van der Waals surface area contributed by atoms with Gasteiger partial charge in [-0.1, -0.05) is 13.0 Å². The number of H-pyrrole nitrogens is 1. The minimum Gasteiger partial charge on any atom is -0.350 e. The summed E-state index contributed by atoms with van der Waals surface area (Å²) in [5.41, 5.74) is 1.54. The fourth-order valence-electron chi connectivity index (χ4n) is 1.45. The zero-order valence-electron chi connectivity index (χ0n) is 9.60. The van der Waals surface area contributed by atoms with Crippen molar-refractivity contribution < 1.29 is 0 Å². The fourth-order valence-corrected chi connectivity index (χ4v) is 1.45. The number of anilines is 1. The van der Waals surface area contributed by atoms with Crippen molar-refractivity contribution in [3.63, 3.8) is 0 Å². The Morgan fingerprint density at radius 1 is 1.35 bits per heavy atom. The zero-order chi connectivity index (χ0) is 12.1. The van der Waals surface area contributed by atoms with E-state index in [4.69, 9.17) is 0 Å². The molecule has 0 atom stereocenters. The lowest BCUT2D eigenvalue weighted by Gasteiger charge is -2.05. The SMILES string of the molecule is CCc1cc(=O)[nH]c(NCc2ccccn2)n1. The third kappa shape index (κ3) is 3.14.